The second-order valence-electron chi connectivity index (χ2n) is 4.59. The fourth-order valence-electron chi connectivity index (χ4n) is 1.92. The quantitative estimate of drug-likeness (QED) is 0.657. The van der Waals surface area contributed by atoms with E-state index in [1.165, 1.54) is 11.8 Å². The number of ether oxygens (including phenoxy) is 1. The third kappa shape index (κ3) is 3.31. The smallest absolute Gasteiger partial charge is 0.326 e. The number of hydrogen-bond donors (Lipinski definition) is 1. The molecule has 1 unspecified atom stereocenters. The maximum atomic E-state index is 11.9. The van der Waals surface area contributed by atoms with E-state index >= 15 is 0 Å². The fourth-order valence-corrected chi connectivity index (χ4v) is 4.09. The van der Waals surface area contributed by atoms with Crippen LogP contribution in [-0.2, 0) is 9.53 Å². The summed E-state index contributed by atoms with van der Waals surface area (Å²) in [5.41, 5.74) is 0.315. The van der Waals surface area contributed by atoms with Gasteiger partial charge in [-0.05, 0) is 25.6 Å². The Hall–Kier alpha value is -1.11. The minimum atomic E-state index is -0.688. The Morgan fingerprint density at radius 3 is 2.90 bits per heavy atom. The number of esters is 1. The van der Waals surface area contributed by atoms with Gasteiger partial charge in [-0.2, -0.15) is 0 Å². The highest BCUT2D eigenvalue weighted by molar-refractivity contribution is 8.01. The number of aromatic nitrogens is 1. The van der Waals surface area contributed by atoms with Crippen LogP contribution in [0.25, 0.3) is 10.2 Å². The largest absolute Gasteiger partial charge is 0.468 e. The van der Waals surface area contributed by atoms with Crippen LogP contribution < -0.4 is 5.32 Å². The number of likely N-dealkylation sites (N-methyl/N-ethyl adjacent to an activating group) is 1. The van der Waals surface area contributed by atoms with Gasteiger partial charge >= 0.3 is 5.97 Å². The first-order chi connectivity index (χ1) is 9.59. The molecule has 0 fully saturated rings. The highest BCUT2D eigenvalue weighted by atomic mass is 32.2. The molecule has 0 bridgehead atoms. The van der Waals surface area contributed by atoms with Gasteiger partial charge in [0, 0.05) is 5.75 Å². The molecular weight excluding hydrogens is 292 g/mol. The van der Waals surface area contributed by atoms with E-state index < -0.39 is 5.54 Å². The summed E-state index contributed by atoms with van der Waals surface area (Å²) in [6.07, 6.45) is 0. The zero-order chi connectivity index (χ0) is 14.6. The Morgan fingerprint density at radius 1 is 1.50 bits per heavy atom. The van der Waals surface area contributed by atoms with Crippen molar-refractivity contribution in [2.75, 3.05) is 19.4 Å². The van der Waals surface area contributed by atoms with E-state index in [0.29, 0.717) is 12.3 Å². The normalized spacial score (nSPS) is 14.2. The number of nitrogens with zero attached hydrogens (tertiary/aromatic N) is 1. The average Bonchev–Trinajstić information content (AvgIpc) is 2.87. The molecule has 1 heterocycles. The van der Waals surface area contributed by atoms with Gasteiger partial charge in [-0.1, -0.05) is 30.8 Å². The van der Waals surface area contributed by atoms with Gasteiger partial charge in [-0.15, -0.1) is 11.3 Å². The van der Waals surface area contributed by atoms with Crippen molar-refractivity contribution in [3.05, 3.63) is 24.3 Å². The van der Waals surface area contributed by atoms with Crippen molar-refractivity contribution in [3.63, 3.8) is 0 Å². The second-order valence-corrected chi connectivity index (χ2v) is 6.84. The molecular formula is C14H18N2O2S2. The third-order valence-electron chi connectivity index (χ3n) is 2.96. The number of fused-ring (bicyclic) bond motifs is 1. The average molecular weight is 310 g/mol. The molecule has 0 spiro atoms. The molecule has 1 aromatic carbocycles. The van der Waals surface area contributed by atoms with Crippen LogP contribution in [0, 0.1) is 0 Å². The lowest BCUT2D eigenvalue weighted by Gasteiger charge is -2.26. The van der Waals surface area contributed by atoms with Gasteiger partial charge in [0.25, 0.3) is 0 Å². The Labute approximate surface area is 126 Å². The van der Waals surface area contributed by atoms with Crippen LogP contribution in [0.2, 0.25) is 0 Å². The number of carbonyl (C=O) groups is 1. The summed E-state index contributed by atoms with van der Waals surface area (Å²) in [5, 5.41) is 3.20. The van der Waals surface area contributed by atoms with Crippen LogP contribution in [0.5, 0.6) is 0 Å². The third-order valence-corrected chi connectivity index (χ3v) is 5.46. The minimum absolute atomic E-state index is 0.243. The molecule has 0 aliphatic heterocycles. The van der Waals surface area contributed by atoms with Crippen molar-refractivity contribution in [3.8, 4) is 0 Å². The summed E-state index contributed by atoms with van der Waals surface area (Å²) in [7, 11) is 1.42. The van der Waals surface area contributed by atoms with Crippen LogP contribution in [0.1, 0.15) is 13.8 Å². The van der Waals surface area contributed by atoms with E-state index in [1.807, 2.05) is 32.0 Å². The summed E-state index contributed by atoms with van der Waals surface area (Å²) in [5.74, 6) is 0.348. The lowest BCUT2D eigenvalue weighted by atomic mass is 10.1. The molecule has 1 atom stereocenters. The molecule has 20 heavy (non-hydrogen) atoms. The van der Waals surface area contributed by atoms with Crippen molar-refractivity contribution < 1.29 is 9.53 Å². The fraction of sp³-hybridized carbons (Fsp3) is 0.429. The van der Waals surface area contributed by atoms with E-state index in [2.05, 4.69) is 16.4 Å². The lowest BCUT2D eigenvalue weighted by Crippen LogP contribution is -2.52. The number of carbonyl (C=O) groups excluding carboxylic acids is 1. The maximum Gasteiger partial charge on any atom is 0.326 e. The van der Waals surface area contributed by atoms with E-state index in [4.69, 9.17) is 4.74 Å². The molecule has 1 aromatic heterocycles. The van der Waals surface area contributed by atoms with Gasteiger partial charge < -0.3 is 10.1 Å². The number of nitrogens with one attached hydrogen (secondary N) is 1. The summed E-state index contributed by atoms with van der Waals surface area (Å²) in [6, 6.07) is 8.04. The topological polar surface area (TPSA) is 51.2 Å². The number of thioether (sulfide) groups is 1. The predicted molar refractivity (Wildman–Crippen MR) is 84.4 cm³/mol. The number of thiazole rings is 1. The standard InChI is InChI=1S/C14H18N2O2S2/c1-4-15-14(2,12(17)18-3)9-19-13-16-10-7-5-6-8-11(10)20-13/h5-8,15H,4,9H2,1-3H3. The number of methoxy groups -OCH3 is 1. The zero-order valence-corrected chi connectivity index (χ0v) is 13.4. The van der Waals surface area contributed by atoms with E-state index in [-0.39, 0.29) is 5.97 Å². The highest BCUT2D eigenvalue weighted by Gasteiger charge is 2.33. The SMILES string of the molecule is CCNC(C)(CSc1nc2ccccc2s1)C(=O)OC. The maximum absolute atomic E-state index is 11.9. The first-order valence-corrected chi connectivity index (χ1v) is 8.21. The van der Waals surface area contributed by atoms with Crippen molar-refractivity contribution in [1.29, 1.82) is 0 Å². The van der Waals surface area contributed by atoms with Crippen molar-refractivity contribution in [2.45, 2.75) is 23.7 Å². The molecule has 2 rings (SSSR count). The van der Waals surface area contributed by atoms with Gasteiger partial charge in [0.15, 0.2) is 4.34 Å². The van der Waals surface area contributed by atoms with Gasteiger partial charge in [-0.3, -0.25) is 4.79 Å². The minimum Gasteiger partial charge on any atom is -0.468 e. The van der Waals surface area contributed by atoms with Crippen molar-refractivity contribution in [1.82, 2.24) is 10.3 Å². The molecule has 0 radical (unpaired) electrons. The van der Waals surface area contributed by atoms with E-state index in [9.17, 15) is 4.79 Å². The summed E-state index contributed by atoms with van der Waals surface area (Å²) in [4.78, 5) is 16.5. The van der Waals surface area contributed by atoms with Gasteiger partial charge in [0.05, 0.1) is 17.3 Å². The molecule has 2 aromatic rings. The Balaban J connectivity index is 2.10. The molecule has 6 heteroatoms. The molecule has 4 nitrogen and oxygen atoms in total. The molecule has 0 aliphatic carbocycles. The molecule has 1 N–H and O–H groups in total. The van der Waals surface area contributed by atoms with Crippen LogP contribution in [-0.4, -0.2) is 35.9 Å². The van der Waals surface area contributed by atoms with Gasteiger partial charge in [0.1, 0.15) is 5.54 Å². The summed E-state index contributed by atoms with van der Waals surface area (Å²) in [6.45, 7) is 4.55. The summed E-state index contributed by atoms with van der Waals surface area (Å²) < 4.78 is 7.02. The number of benzene rings is 1. The van der Waals surface area contributed by atoms with Crippen LogP contribution in [0.15, 0.2) is 28.6 Å². The Morgan fingerprint density at radius 2 is 2.25 bits per heavy atom. The monoisotopic (exact) mass is 310 g/mol. The van der Waals surface area contributed by atoms with Crippen molar-refractivity contribution >= 4 is 39.3 Å². The first-order valence-electron chi connectivity index (χ1n) is 6.41. The first kappa shape index (κ1) is 15.3. The molecule has 0 saturated carbocycles. The summed E-state index contributed by atoms with van der Waals surface area (Å²) >= 11 is 3.23. The molecule has 0 aliphatic rings. The van der Waals surface area contributed by atoms with E-state index in [1.54, 1.807) is 23.1 Å². The van der Waals surface area contributed by atoms with Crippen LogP contribution >= 0.6 is 23.1 Å². The second kappa shape index (κ2) is 6.56. The number of rotatable bonds is 6. The highest BCUT2D eigenvalue weighted by Crippen LogP contribution is 2.31. The molecule has 0 amide bonds. The Bertz CT molecular complexity index is 567. The van der Waals surface area contributed by atoms with Gasteiger partial charge in [-0.25, -0.2) is 4.98 Å². The molecule has 108 valence electrons. The lowest BCUT2D eigenvalue weighted by molar-refractivity contribution is -0.146. The van der Waals surface area contributed by atoms with Gasteiger partial charge in [0.2, 0.25) is 0 Å². The number of hydrogen-bond acceptors (Lipinski definition) is 6. The van der Waals surface area contributed by atoms with Crippen LogP contribution in [0.4, 0.5) is 0 Å². The zero-order valence-electron chi connectivity index (χ0n) is 11.8. The number of para-hydroxylation sites is 1. The van der Waals surface area contributed by atoms with Crippen molar-refractivity contribution in [2.24, 2.45) is 0 Å². The predicted octanol–water partition coefficient (Wildman–Crippen LogP) is 2.93. The Kier molecular flexibility index (Phi) is 5.01. The van der Waals surface area contributed by atoms with Crippen LogP contribution in [0.3, 0.4) is 0 Å². The molecule has 0 saturated heterocycles. The van der Waals surface area contributed by atoms with E-state index in [0.717, 1.165) is 9.86 Å².